The molecule has 0 bridgehead atoms. The summed E-state index contributed by atoms with van der Waals surface area (Å²) in [5.41, 5.74) is 0.796. The van der Waals surface area contributed by atoms with Crippen LogP contribution in [-0.4, -0.2) is 35.4 Å². The van der Waals surface area contributed by atoms with Crippen molar-refractivity contribution in [2.75, 3.05) is 13.7 Å². The van der Waals surface area contributed by atoms with E-state index in [1.54, 1.807) is 18.0 Å². The maximum atomic E-state index is 11.5. The van der Waals surface area contributed by atoms with Gasteiger partial charge in [0.2, 0.25) is 5.91 Å². The first kappa shape index (κ1) is 14.2. The molecule has 0 fully saturated rings. The number of rotatable bonds is 5. The highest BCUT2D eigenvalue weighted by atomic mass is 16.5. The first-order valence-electron chi connectivity index (χ1n) is 5.77. The number of ether oxygens (including phenoxy) is 1. The zero-order valence-corrected chi connectivity index (χ0v) is 10.9. The van der Waals surface area contributed by atoms with Gasteiger partial charge in [-0.1, -0.05) is 13.0 Å². The Morgan fingerprint density at radius 3 is 2.67 bits per heavy atom. The molecule has 0 aromatic carbocycles. The molecule has 1 atom stereocenters. The second-order valence-electron chi connectivity index (χ2n) is 4.14. The lowest BCUT2D eigenvalue weighted by molar-refractivity contribution is -0.146. The van der Waals surface area contributed by atoms with Crippen LogP contribution in [0.4, 0.5) is 0 Å². The molecule has 0 saturated carbocycles. The van der Waals surface area contributed by atoms with Gasteiger partial charge >= 0.3 is 5.97 Å². The van der Waals surface area contributed by atoms with Crippen molar-refractivity contribution < 1.29 is 14.3 Å². The van der Waals surface area contributed by atoms with Gasteiger partial charge in [0.05, 0.1) is 25.3 Å². The van der Waals surface area contributed by atoms with E-state index in [1.807, 2.05) is 18.2 Å². The number of hydrogen-bond donors (Lipinski definition) is 0. The number of methoxy groups -OCH3 is 1. The monoisotopic (exact) mass is 250 g/mol. The van der Waals surface area contributed by atoms with Gasteiger partial charge in [-0.05, 0) is 12.1 Å². The SMILES string of the molecule is COC(=O)C(C)CN(Cc1ccccn1)C(C)=O. The molecule has 0 aliphatic rings. The Labute approximate surface area is 107 Å². The molecule has 1 unspecified atom stereocenters. The predicted molar refractivity (Wildman–Crippen MR) is 66.5 cm³/mol. The Kier molecular flexibility index (Phi) is 5.30. The summed E-state index contributed by atoms with van der Waals surface area (Å²) < 4.78 is 4.65. The normalized spacial score (nSPS) is 11.7. The lowest BCUT2D eigenvalue weighted by atomic mass is 10.1. The van der Waals surface area contributed by atoms with Crippen LogP contribution in [0.25, 0.3) is 0 Å². The van der Waals surface area contributed by atoms with Crippen LogP contribution in [0.1, 0.15) is 19.5 Å². The minimum Gasteiger partial charge on any atom is -0.469 e. The Bertz CT molecular complexity index is 406. The van der Waals surface area contributed by atoms with Gasteiger partial charge in [-0.15, -0.1) is 0 Å². The van der Waals surface area contributed by atoms with Crippen molar-refractivity contribution in [1.29, 1.82) is 0 Å². The summed E-state index contributed by atoms with van der Waals surface area (Å²) in [5.74, 6) is -0.749. The largest absolute Gasteiger partial charge is 0.469 e. The summed E-state index contributed by atoms with van der Waals surface area (Å²) in [7, 11) is 1.34. The fraction of sp³-hybridized carbons (Fsp3) is 0.462. The minimum atomic E-state index is -0.345. The van der Waals surface area contributed by atoms with Crippen molar-refractivity contribution in [1.82, 2.24) is 9.88 Å². The molecule has 0 saturated heterocycles. The molecule has 1 heterocycles. The van der Waals surface area contributed by atoms with Crippen LogP contribution >= 0.6 is 0 Å². The quantitative estimate of drug-likeness (QED) is 0.738. The lowest BCUT2D eigenvalue weighted by Crippen LogP contribution is -2.35. The highest BCUT2D eigenvalue weighted by molar-refractivity contribution is 5.76. The molecule has 0 aliphatic heterocycles. The van der Waals surface area contributed by atoms with Crippen LogP contribution in [0.15, 0.2) is 24.4 Å². The molecule has 0 N–H and O–H groups in total. The van der Waals surface area contributed by atoms with E-state index in [4.69, 9.17) is 0 Å². The second-order valence-corrected chi connectivity index (χ2v) is 4.14. The van der Waals surface area contributed by atoms with E-state index in [-0.39, 0.29) is 17.8 Å². The number of carbonyl (C=O) groups is 2. The minimum absolute atomic E-state index is 0.0867. The molecular formula is C13H18N2O3. The molecule has 1 rings (SSSR count). The third-order valence-corrected chi connectivity index (χ3v) is 2.62. The topological polar surface area (TPSA) is 59.5 Å². The standard InChI is InChI=1S/C13H18N2O3/c1-10(13(17)18-3)8-15(11(2)16)9-12-6-4-5-7-14-12/h4-7,10H,8-9H2,1-3H3. The van der Waals surface area contributed by atoms with Crippen LogP contribution in [-0.2, 0) is 20.9 Å². The van der Waals surface area contributed by atoms with E-state index in [1.165, 1.54) is 14.0 Å². The fourth-order valence-electron chi connectivity index (χ4n) is 1.60. The van der Waals surface area contributed by atoms with Gasteiger partial charge in [0, 0.05) is 19.7 Å². The van der Waals surface area contributed by atoms with E-state index in [9.17, 15) is 9.59 Å². The summed E-state index contributed by atoms with van der Waals surface area (Å²) in [6.45, 7) is 3.95. The molecule has 98 valence electrons. The third kappa shape index (κ3) is 4.16. The van der Waals surface area contributed by atoms with Gasteiger partial charge in [0.15, 0.2) is 0 Å². The van der Waals surface area contributed by atoms with E-state index >= 15 is 0 Å². The van der Waals surface area contributed by atoms with Crippen LogP contribution in [0.2, 0.25) is 0 Å². The van der Waals surface area contributed by atoms with Crippen LogP contribution in [0.3, 0.4) is 0 Å². The molecule has 5 heteroatoms. The Hall–Kier alpha value is -1.91. The number of amides is 1. The third-order valence-electron chi connectivity index (χ3n) is 2.62. The molecule has 1 aromatic heterocycles. The number of nitrogens with zero attached hydrogens (tertiary/aromatic N) is 2. The summed E-state index contributed by atoms with van der Waals surface area (Å²) in [6, 6.07) is 5.53. The molecule has 1 amide bonds. The van der Waals surface area contributed by atoms with Crippen molar-refractivity contribution in [3.8, 4) is 0 Å². The number of carbonyl (C=O) groups excluding carboxylic acids is 2. The molecule has 0 aliphatic carbocycles. The summed E-state index contributed by atoms with van der Waals surface area (Å²) in [6.07, 6.45) is 1.68. The van der Waals surface area contributed by atoms with E-state index in [0.29, 0.717) is 13.1 Å². The Balaban J connectivity index is 2.67. The predicted octanol–water partition coefficient (Wildman–Crippen LogP) is 1.24. The van der Waals surface area contributed by atoms with Crippen molar-refractivity contribution in [3.05, 3.63) is 30.1 Å². The molecular weight excluding hydrogens is 232 g/mol. The van der Waals surface area contributed by atoms with Gasteiger partial charge < -0.3 is 9.64 Å². The zero-order valence-electron chi connectivity index (χ0n) is 10.9. The van der Waals surface area contributed by atoms with Crippen molar-refractivity contribution in [3.63, 3.8) is 0 Å². The number of pyridine rings is 1. The van der Waals surface area contributed by atoms with Gasteiger partial charge in [-0.25, -0.2) is 0 Å². The van der Waals surface area contributed by atoms with E-state index in [0.717, 1.165) is 5.69 Å². The molecule has 5 nitrogen and oxygen atoms in total. The average Bonchev–Trinajstić information content (AvgIpc) is 2.37. The summed E-state index contributed by atoms with van der Waals surface area (Å²) >= 11 is 0. The first-order valence-corrected chi connectivity index (χ1v) is 5.77. The van der Waals surface area contributed by atoms with Crippen molar-refractivity contribution >= 4 is 11.9 Å². The number of hydrogen-bond acceptors (Lipinski definition) is 4. The number of aromatic nitrogens is 1. The van der Waals surface area contributed by atoms with Crippen molar-refractivity contribution in [2.45, 2.75) is 20.4 Å². The zero-order chi connectivity index (χ0) is 13.5. The molecule has 0 radical (unpaired) electrons. The number of esters is 1. The van der Waals surface area contributed by atoms with Crippen LogP contribution in [0, 0.1) is 5.92 Å². The van der Waals surface area contributed by atoms with Crippen LogP contribution in [0.5, 0.6) is 0 Å². The second kappa shape index (κ2) is 6.74. The van der Waals surface area contributed by atoms with Gasteiger partial charge in [-0.2, -0.15) is 0 Å². The fourth-order valence-corrected chi connectivity index (χ4v) is 1.60. The Morgan fingerprint density at radius 2 is 2.17 bits per heavy atom. The van der Waals surface area contributed by atoms with E-state index in [2.05, 4.69) is 9.72 Å². The van der Waals surface area contributed by atoms with Gasteiger partial charge in [0.1, 0.15) is 0 Å². The highest BCUT2D eigenvalue weighted by Crippen LogP contribution is 2.07. The maximum absolute atomic E-state index is 11.5. The van der Waals surface area contributed by atoms with E-state index < -0.39 is 0 Å². The molecule has 1 aromatic rings. The highest BCUT2D eigenvalue weighted by Gasteiger charge is 2.19. The van der Waals surface area contributed by atoms with Crippen LogP contribution < -0.4 is 0 Å². The summed E-state index contributed by atoms with van der Waals surface area (Å²) in [5, 5.41) is 0. The van der Waals surface area contributed by atoms with Crippen molar-refractivity contribution in [2.24, 2.45) is 5.92 Å². The lowest BCUT2D eigenvalue weighted by Gasteiger charge is -2.23. The molecule has 18 heavy (non-hydrogen) atoms. The first-order chi connectivity index (χ1) is 8.54. The van der Waals surface area contributed by atoms with Gasteiger partial charge in [-0.3, -0.25) is 14.6 Å². The smallest absolute Gasteiger partial charge is 0.310 e. The Morgan fingerprint density at radius 1 is 1.44 bits per heavy atom. The average molecular weight is 250 g/mol. The summed E-state index contributed by atoms with van der Waals surface area (Å²) in [4.78, 5) is 28.6. The van der Waals surface area contributed by atoms with Gasteiger partial charge in [0.25, 0.3) is 0 Å². The maximum Gasteiger partial charge on any atom is 0.310 e. The molecule has 0 spiro atoms.